The molecule has 2 heterocycles. The smallest absolute Gasteiger partial charge is 0.239 e. The van der Waals surface area contributed by atoms with E-state index in [1.165, 1.54) is 23.1 Å². The largest absolute Gasteiger partial charge is 0.326 e. The lowest BCUT2D eigenvalue weighted by Crippen LogP contribution is -2.22. The highest BCUT2D eigenvalue weighted by Gasteiger charge is 2.29. The molecule has 1 fully saturated rings. The van der Waals surface area contributed by atoms with Gasteiger partial charge < -0.3 is 10.6 Å². The first kappa shape index (κ1) is 19.2. The molecule has 28 heavy (non-hydrogen) atoms. The van der Waals surface area contributed by atoms with Crippen LogP contribution in [-0.2, 0) is 9.59 Å². The summed E-state index contributed by atoms with van der Waals surface area (Å²) < 4.78 is 0. The Morgan fingerprint density at radius 1 is 1.14 bits per heavy atom. The number of amides is 2. The van der Waals surface area contributed by atoms with Gasteiger partial charge in [-0.25, -0.2) is 4.98 Å². The molecule has 0 spiro atoms. The fraction of sp³-hybridized carbons (Fsp3) is 0.250. The number of anilines is 2. The van der Waals surface area contributed by atoms with E-state index in [2.05, 4.69) is 15.6 Å². The standard InChI is InChI=1S/C20H19N3O2S3/c1-12(18(24)23-20-22-16(11-27-20)17-3-2-10-26-17)28-15-8-6-14(7-9-15)21-19(25)13-4-5-13/h2-3,6-13H,4-5H2,1H3,(H,21,25)(H,22,23,24). The van der Waals surface area contributed by atoms with E-state index in [1.54, 1.807) is 11.3 Å². The van der Waals surface area contributed by atoms with Crippen LogP contribution < -0.4 is 10.6 Å². The van der Waals surface area contributed by atoms with Gasteiger partial charge in [-0.15, -0.1) is 34.4 Å². The van der Waals surface area contributed by atoms with Crippen LogP contribution in [-0.4, -0.2) is 22.0 Å². The highest BCUT2D eigenvalue weighted by Crippen LogP contribution is 2.31. The van der Waals surface area contributed by atoms with E-state index in [4.69, 9.17) is 0 Å². The molecule has 1 unspecified atom stereocenters. The number of thioether (sulfide) groups is 1. The van der Waals surface area contributed by atoms with E-state index < -0.39 is 0 Å². The van der Waals surface area contributed by atoms with E-state index in [-0.39, 0.29) is 23.0 Å². The van der Waals surface area contributed by atoms with Gasteiger partial charge >= 0.3 is 0 Å². The van der Waals surface area contributed by atoms with E-state index in [9.17, 15) is 9.59 Å². The summed E-state index contributed by atoms with van der Waals surface area (Å²) in [5.74, 6) is 0.200. The van der Waals surface area contributed by atoms with Gasteiger partial charge in [0.05, 0.1) is 15.8 Å². The van der Waals surface area contributed by atoms with Crippen molar-refractivity contribution >= 4 is 57.1 Å². The summed E-state index contributed by atoms with van der Waals surface area (Å²) in [5.41, 5.74) is 1.68. The lowest BCUT2D eigenvalue weighted by Gasteiger charge is -2.11. The molecule has 2 N–H and O–H groups in total. The molecule has 2 amide bonds. The minimum Gasteiger partial charge on any atom is -0.326 e. The third kappa shape index (κ3) is 4.81. The zero-order valence-electron chi connectivity index (χ0n) is 15.2. The Morgan fingerprint density at radius 3 is 2.61 bits per heavy atom. The molecule has 8 heteroatoms. The van der Waals surface area contributed by atoms with Gasteiger partial charge in [0.15, 0.2) is 5.13 Å². The number of thiazole rings is 1. The highest BCUT2D eigenvalue weighted by molar-refractivity contribution is 8.00. The van der Waals surface area contributed by atoms with Crippen LogP contribution in [0.5, 0.6) is 0 Å². The predicted octanol–water partition coefficient (Wildman–Crippen LogP) is 5.34. The quantitative estimate of drug-likeness (QED) is 0.497. The van der Waals surface area contributed by atoms with E-state index >= 15 is 0 Å². The summed E-state index contributed by atoms with van der Waals surface area (Å²) in [6, 6.07) is 11.6. The van der Waals surface area contributed by atoms with Crippen LogP contribution in [0.2, 0.25) is 0 Å². The predicted molar refractivity (Wildman–Crippen MR) is 117 cm³/mol. The Balaban J connectivity index is 1.31. The monoisotopic (exact) mass is 429 g/mol. The van der Waals surface area contributed by atoms with Gasteiger partial charge in [-0.2, -0.15) is 0 Å². The Bertz CT molecular complexity index is 963. The van der Waals surface area contributed by atoms with Gasteiger partial charge in [0.2, 0.25) is 11.8 Å². The first-order chi connectivity index (χ1) is 13.6. The maximum atomic E-state index is 12.5. The van der Waals surface area contributed by atoms with Crippen LogP contribution >= 0.6 is 34.4 Å². The normalized spacial score (nSPS) is 14.5. The number of carbonyl (C=O) groups excluding carboxylic acids is 2. The van der Waals surface area contributed by atoms with Crippen LogP contribution in [0.25, 0.3) is 10.6 Å². The van der Waals surface area contributed by atoms with E-state index in [0.717, 1.165) is 34.0 Å². The third-order valence-electron chi connectivity index (χ3n) is 4.26. The number of hydrogen-bond donors (Lipinski definition) is 2. The number of thiophene rings is 1. The van der Waals surface area contributed by atoms with E-state index in [0.29, 0.717) is 5.13 Å². The second-order valence-electron chi connectivity index (χ2n) is 6.55. The Morgan fingerprint density at radius 2 is 1.93 bits per heavy atom. The van der Waals surface area contributed by atoms with Crippen LogP contribution in [0.4, 0.5) is 10.8 Å². The van der Waals surface area contributed by atoms with E-state index in [1.807, 2.05) is 54.1 Å². The van der Waals surface area contributed by atoms with Crippen LogP contribution in [0.1, 0.15) is 19.8 Å². The van der Waals surface area contributed by atoms with Crippen molar-refractivity contribution in [3.05, 3.63) is 47.2 Å². The average molecular weight is 430 g/mol. The molecule has 0 saturated heterocycles. The lowest BCUT2D eigenvalue weighted by molar-refractivity contribution is -0.117. The van der Waals surface area contributed by atoms with Gasteiger partial charge in [0.1, 0.15) is 0 Å². The summed E-state index contributed by atoms with van der Waals surface area (Å²) in [6.07, 6.45) is 1.97. The number of nitrogens with one attached hydrogen (secondary N) is 2. The molecule has 1 aliphatic rings. The van der Waals surface area contributed by atoms with Crippen molar-refractivity contribution in [3.63, 3.8) is 0 Å². The molecule has 1 aromatic carbocycles. The van der Waals surface area contributed by atoms with Crippen molar-refractivity contribution in [3.8, 4) is 10.6 Å². The summed E-state index contributed by atoms with van der Waals surface area (Å²) in [5, 5.41) is 10.1. The molecule has 2 aromatic heterocycles. The molecule has 1 saturated carbocycles. The van der Waals surface area contributed by atoms with Crippen molar-refractivity contribution < 1.29 is 9.59 Å². The Hall–Kier alpha value is -2.16. The third-order valence-corrected chi connectivity index (χ3v) is 7.02. The van der Waals surface area contributed by atoms with Crippen molar-refractivity contribution in [2.45, 2.75) is 29.9 Å². The fourth-order valence-corrected chi connectivity index (χ4v) is 4.88. The second-order valence-corrected chi connectivity index (χ2v) is 9.77. The number of carbonyl (C=O) groups is 2. The molecule has 0 bridgehead atoms. The SMILES string of the molecule is CC(Sc1ccc(NC(=O)C2CC2)cc1)C(=O)Nc1nc(-c2cccs2)cs1. The number of nitrogens with zero attached hydrogens (tertiary/aromatic N) is 1. The van der Waals surface area contributed by atoms with Gasteiger partial charge in [0, 0.05) is 21.9 Å². The van der Waals surface area contributed by atoms with Crippen molar-refractivity contribution in [1.82, 2.24) is 4.98 Å². The average Bonchev–Trinajstić information content (AvgIpc) is 3.20. The molecule has 144 valence electrons. The molecule has 1 atom stereocenters. The van der Waals surface area contributed by atoms with Gasteiger partial charge in [-0.05, 0) is 55.5 Å². The first-order valence-electron chi connectivity index (χ1n) is 8.96. The van der Waals surface area contributed by atoms with Crippen molar-refractivity contribution in [2.24, 2.45) is 5.92 Å². The van der Waals surface area contributed by atoms with Crippen molar-refractivity contribution in [1.29, 1.82) is 0 Å². The molecule has 0 radical (unpaired) electrons. The fourth-order valence-electron chi connectivity index (χ4n) is 2.54. The molecular weight excluding hydrogens is 410 g/mol. The highest BCUT2D eigenvalue weighted by atomic mass is 32.2. The Kier molecular flexibility index (Phi) is 5.79. The lowest BCUT2D eigenvalue weighted by atomic mass is 10.3. The Labute approximate surface area is 175 Å². The topological polar surface area (TPSA) is 71.1 Å². The molecule has 5 nitrogen and oxygen atoms in total. The molecule has 3 aromatic rings. The van der Waals surface area contributed by atoms with Gasteiger partial charge in [0.25, 0.3) is 0 Å². The summed E-state index contributed by atoms with van der Waals surface area (Å²) in [7, 11) is 0. The van der Waals surface area contributed by atoms with Crippen molar-refractivity contribution in [2.75, 3.05) is 10.6 Å². The first-order valence-corrected chi connectivity index (χ1v) is 11.6. The number of rotatable bonds is 7. The molecule has 0 aliphatic heterocycles. The maximum absolute atomic E-state index is 12.5. The molecule has 4 rings (SSSR count). The zero-order valence-corrected chi connectivity index (χ0v) is 17.6. The summed E-state index contributed by atoms with van der Waals surface area (Å²) in [4.78, 5) is 30.8. The van der Waals surface area contributed by atoms with Crippen LogP contribution in [0.3, 0.4) is 0 Å². The van der Waals surface area contributed by atoms with Gasteiger partial charge in [-0.1, -0.05) is 6.07 Å². The number of hydrogen-bond acceptors (Lipinski definition) is 6. The molecule has 1 aliphatic carbocycles. The minimum atomic E-state index is -0.263. The van der Waals surface area contributed by atoms with Crippen LogP contribution in [0, 0.1) is 5.92 Å². The van der Waals surface area contributed by atoms with Crippen LogP contribution in [0.15, 0.2) is 52.1 Å². The maximum Gasteiger partial charge on any atom is 0.239 e. The minimum absolute atomic E-state index is 0.0804. The second kappa shape index (κ2) is 8.46. The number of benzene rings is 1. The zero-order chi connectivity index (χ0) is 19.5. The van der Waals surface area contributed by atoms with Gasteiger partial charge in [-0.3, -0.25) is 9.59 Å². The summed E-state index contributed by atoms with van der Waals surface area (Å²) in [6.45, 7) is 1.87. The number of aromatic nitrogens is 1. The summed E-state index contributed by atoms with van der Waals surface area (Å²) >= 11 is 4.53. The molecular formula is C20H19N3O2S3.